The Morgan fingerprint density at radius 2 is 1.84 bits per heavy atom. The van der Waals surface area contributed by atoms with Crippen molar-refractivity contribution in [1.29, 1.82) is 0 Å². The van der Waals surface area contributed by atoms with Gasteiger partial charge in [-0.2, -0.15) is 0 Å². The highest BCUT2D eigenvalue weighted by Gasteiger charge is 2.23. The van der Waals surface area contributed by atoms with E-state index in [0.717, 1.165) is 5.56 Å². The summed E-state index contributed by atoms with van der Waals surface area (Å²) in [7, 11) is 4.05. The molecule has 2 heterocycles. The molecule has 0 unspecified atom stereocenters. The van der Waals surface area contributed by atoms with Crippen molar-refractivity contribution >= 4 is 17.4 Å². The van der Waals surface area contributed by atoms with Crippen molar-refractivity contribution in [3.63, 3.8) is 0 Å². The molecule has 0 aliphatic heterocycles. The minimum Gasteiger partial charge on any atom is -0.336 e. The number of carbonyl (C=O) groups is 1. The Hall–Kier alpha value is -1.92. The summed E-state index contributed by atoms with van der Waals surface area (Å²) in [5, 5.41) is 3.09. The number of pyridine rings is 1. The molecular formula is C19H28N4OS. The molecule has 1 N–H and O–H groups in total. The average Bonchev–Trinajstić information content (AvgIpc) is 2.98. The third-order valence-corrected chi connectivity index (χ3v) is 5.42. The van der Waals surface area contributed by atoms with Crippen molar-refractivity contribution in [2.24, 2.45) is 0 Å². The molecule has 0 aliphatic rings. The van der Waals surface area contributed by atoms with Crippen molar-refractivity contribution in [3.05, 3.63) is 52.0 Å². The summed E-state index contributed by atoms with van der Waals surface area (Å²) in [5.74, 6) is 0. The fourth-order valence-corrected chi connectivity index (χ4v) is 3.13. The summed E-state index contributed by atoms with van der Waals surface area (Å²) in [4.78, 5) is 23.3. The molecule has 2 rings (SSSR count). The number of rotatable bonds is 7. The molecule has 0 radical (unpaired) electrons. The molecule has 6 heteroatoms. The molecular weight excluding hydrogens is 332 g/mol. The van der Waals surface area contributed by atoms with E-state index in [-0.39, 0.29) is 11.6 Å². The topological polar surface area (TPSA) is 48.5 Å². The SMILES string of the molecule is Cc1ccc(CN(Cc2ccncc2)C(=O)NCC(C)(C)N(C)C)s1. The van der Waals surface area contributed by atoms with E-state index in [1.165, 1.54) is 9.75 Å². The smallest absolute Gasteiger partial charge is 0.318 e. The zero-order valence-corrected chi connectivity index (χ0v) is 16.6. The number of nitrogens with zero attached hydrogens (tertiary/aromatic N) is 3. The van der Waals surface area contributed by atoms with Gasteiger partial charge in [0, 0.05) is 40.8 Å². The first kappa shape index (κ1) is 19.4. The molecule has 5 nitrogen and oxygen atoms in total. The lowest BCUT2D eigenvalue weighted by atomic mass is 10.0. The summed E-state index contributed by atoms with van der Waals surface area (Å²) >= 11 is 1.73. The number of thiophene rings is 1. The van der Waals surface area contributed by atoms with Crippen LogP contribution in [0.5, 0.6) is 0 Å². The molecule has 0 aromatic carbocycles. The van der Waals surface area contributed by atoms with Gasteiger partial charge in [-0.15, -0.1) is 11.3 Å². The largest absolute Gasteiger partial charge is 0.336 e. The highest BCUT2D eigenvalue weighted by molar-refractivity contribution is 7.11. The van der Waals surface area contributed by atoms with Crippen LogP contribution in [0.1, 0.15) is 29.2 Å². The summed E-state index contributed by atoms with van der Waals surface area (Å²) < 4.78 is 0. The van der Waals surface area contributed by atoms with E-state index in [2.05, 4.69) is 48.1 Å². The van der Waals surface area contributed by atoms with Crippen LogP contribution >= 0.6 is 11.3 Å². The Bertz CT molecular complexity index is 682. The van der Waals surface area contributed by atoms with Crippen molar-refractivity contribution in [2.75, 3.05) is 20.6 Å². The minimum absolute atomic E-state index is 0.0437. The van der Waals surface area contributed by atoms with Gasteiger partial charge in [-0.1, -0.05) is 0 Å². The van der Waals surface area contributed by atoms with Crippen LogP contribution in [-0.4, -0.2) is 47.0 Å². The van der Waals surface area contributed by atoms with Crippen LogP contribution in [0.2, 0.25) is 0 Å². The number of aromatic nitrogens is 1. The quantitative estimate of drug-likeness (QED) is 0.822. The lowest BCUT2D eigenvalue weighted by Crippen LogP contribution is -2.50. The van der Waals surface area contributed by atoms with Gasteiger partial charge in [-0.05, 0) is 64.7 Å². The van der Waals surface area contributed by atoms with Gasteiger partial charge in [0.2, 0.25) is 0 Å². The molecule has 25 heavy (non-hydrogen) atoms. The molecule has 0 bridgehead atoms. The van der Waals surface area contributed by atoms with Gasteiger partial charge in [-0.3, -0.25) is 4.98 Å². The average molecular weight is 361 g/mol. The maximum atomic E-state index is 12.8. The predicted molar refractivity (Wildman–Crippen MR) is 104 cm³/mol. The van der Waals surface area contributed by atoms with E-state index in [9.17, 15) is 4.79 Å². The van der Waals surface area contributed by atoms with Crippen LogP contribution in [0.25, 0.3) is 0 Å². The first-order valence-electron chi connectivity index (χ1n) is 8.42. The number of carbonyl (C=O) groups excluding carboxylic acids is 1. The monoisotopic (exact) mass is 360 g/mol. The second-order valence-electron chi connectivity index (χ2n) is 7.09. The van der Waals surface area contributed by atoms with Crippen LogP contribution < -0.4 is 5.32 Å². The normalized spacial score (nSPS) is 11.6. The Kier molecular flexibility index (Phi) is 6.56. The van der Waals surface area contributed by atoms with Crippen LogP contribution in [0.3, 0.4) is 0 Å². The van der Waals surface area contributed by atoms with Gasteiger partial charge in [0.15, 0.2) is 0 Å². The van der Waals surface area contributed by atoms with E-state index in [0.29, 0.717) is 19.6 Å². The third kappa shape index (κ3) is 5.83. The molecule has 2 amide bonds. The summed E-state index contributed by atoms with van der Waals surface area (Å²) in [6.07, 6.45) is 3.52. The molecule has 136 valence electrons. The highest BCUT2D eigenvalue weighted by atomic mass is 32.1. The standard InChI is InChI=1S/C19H28N4OS/c1-15-6-7-17(25-15)13-23(12-16-8-10-20-11-9-16)18(24)21-14-19(2,3)22(4)5/h6-11H,12-14H2,1-5H3,(H,21,24). The zero-order chi connectivity index (χ0) is 18.4. The maximum absolute atomic E-state index is 12.8. The number of hydrogen-bond donors (Lipinski definition) is 1. The van der Waals surface area contributed by atoms with Crippen molar-refractivity contribution in [2.45, 2.75) is 39.4 Å². The summed E-state index contributed by atoms with van der Waals surface area (Å²) in [6, 6.07) is 8.04. The molecule has 2 aromatic rings. The van der Waals surface area contributed by atoms with Crippen molar-refractivity contribution in [3.8, 4) is 0 Å². The van der Waals surface area contributed by atoms with Gasteiger partial charge < -0.3 is 15.1 Å². The Balaban J connectivity index is 2.08. The summed E-state index contributed by atoms with van der Waals surface area (Å²) in [5.41, 5.74) is 0.975. The molecule has 0 spiro atoms. The van der Waals surface area contributed by atoms with Gasteiger partial charge in [-0.25, -0.2) is 4.79 Å². The van der Waals surface area contributed by atoms with Gasteiger partial charge in [0.05, 0.1) is 6.54 Å². The predicted octanol–water partition coefficient (Wildman–Crippen LogP) is 3.50. The number of amides is 2. The Morgan fingerprint density at radius 1 is 1.16 bits per heavy atom. The van der Waals surface area contributed by atoms with Gasteiger partial charge in [0.25, 0.3) is 0 Å². The minimum atomic E-state index is -0.0997. The molecule has 0 saturated heterocycles. The van der Waals surface area contributed by atoms with Gasteiger partial charge in [0.1, 0.15) is 0 Å². The first-order valence-corrected chi connectivity index (χ1v) is 9.24. The molecule has 0 aliphatic carbocycles. The lowest BCUT2D eigenvalue weighted by Gasteiger charge is -2.33. The summed E-state index contributed by atoms with van der Waals surface area (Å²) in [6.45, 7) is 8.07. The number of hydrogen-bond acceptors (Lipinski definition) is 4. The highest BCUT2D eigenvalue weighted by Crippen LogP contribution is 2.19. The van der Waals surface area contributed by atoms with E-state index < -0.39 is 0 Å². The van der Waals surface area contributed by atoms with Crippen molar-refractivity contribution < 1.29 is 4.79 Å². The van der Waals surface area contributed by atoms with Crippen LogP contribution in [0, 0.1) is 6.92 Å². The van der Waals surface area contributed by atoms with E-state index in [1.807, 2.05) is 31.1 Å². The molecule has 0 fully saturated rings. The second kappa shape index (κ2) is 8.45. The maximum Gasteiger partial charge on any atom is 0.318 e. The van der Waals surface area contributed by atoms with E-state index in [1.54, 1.807) is 23.7 Å². The van der Waals surface area contributed by atoms with Gasteiger partial charge >= 0.3 is 6.03 Å². The Morgan fingerprint density at radius 3 is 2.40 bits per heavy atom. The number of likely N-dealkylation sites (N-methyl/N-ethyl adjacent to an activating group) is 1. The number of nitrogens with one attached hydrogen (secondary N) is 1. The third-order valence-electron chi connectivity index (χ3n) is 4.44. The van der Waals surface area contributed by atoms with Crippen molar-refractivity contribution in [1.82, 2.24) is 20.1 Å². The molecule has 0 saturated carbocycles. The molecule has 2 aromatic heterocycles. The van der Waals surface area contributed by atoms with Crippen LogP contribution in [-0.2, 0) is 13.1 Å². The molecule has 0 atom stereocenters. The van der Waals surface area contributed by atoms with E-state index in [4.69, 9.17) is 0 Å². The lowest BCUT2D eigenvalue weighted by molar-refractivity contribution is 0.167. The zero-order valence-electron chi connectivity index (χ0n) is 15.7. The second-order valence-corrected chi connectivity index (χ2v) is 8.46. The number of urea groups is 1. The number of aryl methyl sites for hydroxylation is 1. The fraction of sp³-hybridized carbons (Fsp3) is 0.474. The fourth-order valence-electron chi connectivity index (χ4n) is 2.23. The Labute approximate surface area is 154 Å². The van der Waals surface area contributed by atoms with E-state index >= 15 is 0 Å². The first-order chi connectivity index (χ1) is 11.8. The van der Waals surface area contributed by atoms with Crippen LogP contribution in [0.15, 0.2) is 36.7 Å². The van der Waals surface area contributed by atoms with Crippen LogP contribution in [0.4, 0.5) is 4.79 Å².